The van der Waals surface area contributed by atoms with Gasteiger partial charge in [-0.3, -0.25) is 9.97 Å². The maximum Gasteiger partial charge on any atom is 0.534 e. The quantitative estimate of drug-likeness (QED) is 0.619. The number of alkyl halides is 3. The van der Waals surface area contributed by atoms with Crippen LogP contribution in [-0.2, 0) is 10.1 Å². The summed E-state index contributed by atoms with van der Waals surface area (Å²) in [4.78, 5) is 7.54. The van der Waals surface area contributed by atoms with Crippen molar-refractivity contribution in [2.75, 3.05) is 0 Å². The molecule has 2 aromatic heterocycles. The summed E-state index contributed by atoms with van der Waals surface area (Å²) in [6.07, 6.45) is 2.42. The predicted octanol–water partition coefficient (Wildman–Crippen LogP) is 1.86. The van der Waals surface area contributed by atoms with Crippen molar-refractivity contribution in [3.8, 4) is 5.75 Å². The van der Waals surface area contributed by atoms with E-state index >= 15 is 0 Å². The molecule has 0 spiro atoms. The minimum absolute atomic E-state index is 0.0622. The second-order valence-corrected chi connectivity index (χ2v) is 4.70. The summed E-state index contributed by atoms with van der Waals surface area (Å²) in [6, 6.07) is 3.98. The molecule has 5 nitrogen and oxygen atoms in total. The smallest absolute Gasteiger partial charge is 0.374 e. The van der Waals surface area contributed by atoms with Gasteiger partial charge in [0.2, 0.25) is 0 Å². The lowest BCUT2D eigenvalue weighted by atomic mass is 10.3. The zero-order chi connectivity index (χ0) is 13.4. The van der Waals surface area contributed by atoms with Crippen LogP contribution in [0.5, 0.6) is 5.75 Å². The molecule has 0 amide bonds. The molecule has 0 aliphatic rings. The Balaban J connectivity index is 2.51. The van der Waals surface area contributed by atoms with Gasteiger partial charge in [0.05, 0.1) is 5.52 Å². The first-order valence-corrected chi connectivity index (χ1v) is 5.92. The third-order valence-electron chi connectivity index (χ3n) is 1.94. The average molecular weight is 278 g/mol. The van der Waals surface area contributed by atoms with E-state index in [0.717, 1.165) is 12.3 Å². The molecule has 9 heteroatoms. The van der Waals surface area contributed by atoms with E-state index < -0.39 is 21.4 Å². The summed E-state index contributed by atoms with van der Waals surface area (Å²) in [5.74, 6) is -0.516. The van der Waals surface area contributed by atoms with E-state index in [1.54, 1.807) is 0 Å². The van der Waals surface area contributed by atoms with Crippen LogP contribution in [-0.4, -0.2) is 23.9 Å². The van der Waals surface area contributed by atoms with Crippen LogP contribution >= 0.6 is 0 Å². The van der Waals surface area contributed by atoms with Crippen LogP contribution in [0, 0.1) is 0 Å². The first kappa shape index (κ1) is 12.6. The van der Waals surface area contributed by atoms with E-state index in [4.69, 9.17) is 0 Å². The highest BCUT2D eigenvalue weighted by molar-refractivity contribution is 7.88. The minimum atomic E-state index is -5.71. The Labute approximate surface area is 99.4 Å². The standard InChI is InChI=1S/C9H5F3N2O3S/c10-9(11,12)18(15,16)17-7-3-5-13-6-2-1-4-14-8(6)7/h1-5H. The third kappa shape index (κ3) is 2.21. The molecule has 2 aromatic rings. The Morgan fingerprint density at radius 1 is 1.11 bits per heavy atom. The van der Waals surface area contributed by atoms with Crippen molar-refractivity contribution < 1.29 is 25.8 Å². The molecule has 0 aliphatic carbocycles. The number of nitrogens with zero attached hydrogens (tertiary/aromatic N) is 2. The van der Waals surface area contributed by atoms with Crippen molar-refractivity contribution in [3.05, 3.63) is 30.6 Å². The molecule has 0 atom stereocenters. The van der Waals surface area contributed by atoms with Crippen LogP contribution in [0.2, 0.25) is 0 Å². The van der Waals surface area contributed by atoms with Crippen molar-refractivity contribution in [1.29, 1.82) is 0 Å². The molecule has 0 saturated heterocycles. The number of pyridine rings is 2. The highest BCUT2D eigenvalue weighted by atomic mass is 32.2. The van der Waals surface area contributed by atoms with Crippen molar-refractivity contribution in [3.63, 3.8) is 0 Å². The molecule has 2 rings (SSSR count). The van der Waals surface area contributed by atoms with Gasteiger partial charge in [-0.05, 0) is 12.1 Å². The highest BCUT2D eigenvalue weighted by Gasteiger charge is 2.48. The molecule has 0 aliphatic heterocycles. The van der Waals surface area contributed by atoms with Crippen molar-refractivity contribution >= 4 is 21.2 Å². The summed E-state index contributed by atoms with van der Waals surface area (Å²) < 4.78 is 62.3. The number of hydrogen-bond acceptors (Lipinski definition) is 5. The second kappa shape index (κ2) is 4.09. The minimum Gasteiger partial charge on any atom is -0.374 e. The fraction of sp³-hybridized carbons (Fsp3) is 0.111. The Morgan fingerprint density at radius 2 is 1.83 bits per heavy atom. The van der Waals surface area contributed by atoms with Crippen LogP contribution in [0.1, 0.15) is 0 Å². The maximum atomic E-state index is 12.2. The monoisotopic (exact) mass is 278 g/mol. The molecule has 96 valence electrons. The first-order chi connectivity index (χ1) is 8.31. The molecular formula is C9H5F3N2O3S. The summed E-state index contributed by atoms with van der Waals surface area (Å²) >= 11 is 0. The van der Waals surface area contributed by atoms with Gasteiger partial charge in [0.15, 0.2) is 5.75 Å². The SMILES string of the molecule is O=S(=O)(Oc1ccnc2cccnc12)C(F)(F)F. The molecule has 0 unspecified atom stereocenters. The van der Waals surface area contributed by atoms with Crippen molar-refractivity contribution in [2.45, 2.75) is 5.51 Å². The first-order valence-electron chi connectivity index (χ1n) is 4.52. The topological polar surface area (TPSA) is 69.2 Å². The molecule has 0 aromatic carbocycles. The molecular weight excluding hydrogens is 273 g/mol. The zero-order valence-corrected chi connectivity index (χ0v) is 9.36. The number of halogens is 3. The van der Waals surface area contributed by atoms with Gasteiger partial charge < -0.3 is 4.18 Å². The van der Waals surface area contributed by atoms with Crippen LogP contribution in [0.3, 0.4) is 0 Å². The fourth-order valence-electron chi connectivity index (χ4n) is 1.19. The van der Waals surface area contributed by atoms with Crippen LogP contribution in [0.25, 0.3) is 11.0 Å². The Bertz CT molecular complexity index is 680. The highest BCUT2D eigenvalue weighted by Crippen LogP contribution is 2.29. The largest absolute Gasteiger partial charge is 0.534 e. The number of hydrogen-bond donors (Lipinski definition) is 0. The molecule has 0 fully saturated rings. The molecule has 0 radical (unpaired) electrons. The predicted molar refractivity (Wildman–Crippen MR) is 55.1 cm³/mol. The zero-order valence-electron chi connectivity index (χ0n) is 8.55. The van der Waals surface area contributed by atoms with E-state index in [-0.39, 0.29) is 11.0 Å². The normalized spacial score (nSPS) is 12.6. The molecule has 0 bridgehead atoms. The van der Waals surface area contributed by atoms with Gasteiger partial charge in [-0.2, -0.15) is 21.6 Å². The van der Waals surface area contributed by atoms with Gasteiger partial charge in [-0.25, -0.2) is 0 Å². The lowest BCUT2D eigenvalue weighted by Gasteiger charge is -2.10. The number of rotatable bonds is 2. The summed E-state index contributed by atoms with van der Waals surface area (Å²) in [5.41, 5.74) is -5.32. The van der Waals surface area contributed by atoms with Crippen LogP contribution < -0.4 is 4.18 Å². The molecule has 0 saturated carbocycles. The third-order valence-corrected chi connectivity index (χ3v) is 2.91. The van der Waals surface area contributed by atoms with Gasteiger partial charge in [-0.1, -0.05) is 0 Å². The van der Waals surface area contributed by atoms with Crippen molar-refractivity contribution in [1.82, 2.24) is 9.97 Å². The van der Waals surface area contributed by atoms with Gasteiger partial charge >= 0.3 is 15.6 Å². The number of aromatic nitrogens is 2. The van der Waals surface area contributed by atoms with Gasteiger partial charge in [0.25, 0.3) is 0 Å². The maximum absolute atomic E-state index is 12.2. The van der Waals surface area contributed by atoms with E-state index in [0.29, 0.717) is 0 Å². The lowest BCUT2D eigenvalue weighted by Crippen LogP contribution is -2.28. The summed E-state index contributed by atoms with van der Waals surface area (Å²) in [7, 11) is -5.71. The van der Waals surface area contributed by atoms with Gasteiger partial charge in [0, 0.05) is 18.5 Å². The van der Waals surface area contributed by atoms with Crippen LogP contribution in [0.4, 0.5) is 13.2 Å². The fourth-order valence-corrected chi connectivity index (χ4v) is 1.65. The molecule has 2 heterocycles. The summed E-state index contributed by atoms with van der Waals surface area (Å²) in [5, 5.41) is 0. The van der Waals surface area contributed by atoms with Crippen molar-refractivity contribution in [2.24, 2.45) is 0 Å². The number of fused-ring (bicyclic) bond motifs is 1. The Kier molecular flexibility index (Phi) is 2.85. The van der Waals surface area contributed by atoms with Gasteiger partial charge in [-0.15, -0.1) is 0 Å². The second-order valence-electron chi connectivity index (χ2n) is 3.16. The van der Waals surface area contributed by atoms with Gasteiger partial charge in [0.1, 0.15) is 5.52 Å². The van der Waals surface area contributed by atoms with E-state index in [9.17, 15) is 21.6 Å². The Hall–Kier alpha value is -1.90. The van der Waals surface area contributed by atoms with E-state index in [1.165, 1.54) is 18.3 Å². The average Bonchev–Trinajstić information content (AvgIpc) is 2.27. The Morgan fingerprint density at radius 3 is 2.50 bits per heavy atom. The van der Waals surface area contributed by atoms with E-state index in [2.05, 4.69) is 14.2 Å². The van der Waals surface area contributed by atoms with E-state index in [1.807, 2.05) is 0 Å². The summed E-state index contributed by atoms with van der Waals surface area (Å²) in [6.45, 7) is 0. The lowest BCUT2D eigenvalue weighted by molar-refractivity contribution is -0.0499. The molecule has 0 N–H and O–H groups in total. The molecule has 18 heavy (non-hydrogen) atoms. The van der Waals surface area contributed by atoms with Crippen LogP contribution in [0.15, 0.2) is 30.6 Å².